The van der Waals surface area contributed by atoms with Crippen LogP contribution in [0.15, 0.2) is 30.0 Å². The van der Waals surface area contributed by atoms with Crippen LogP contribution in [0.25, 0.3) is 5.82 Å². The molecule has 3 aliphatic heterocycles. The molecule has 1 atom stereocenters. The van der Waals surface area contributed by atoms with Crippen molar-refractivity contribution in [3.63, 3.8) is 0 Å². The quantitative estimate of drug-likeness (QED) is 0.657. The molecule has 2 aromatic rings. The molecule has 0 aliphatic carbocycles. The molecule has 170 valence electrons. The Balaban J connectivity index is 1.14. The molecule has 1 N–H and O–H groups in total. The monoisotopic (exact) mass is 440 g/mol. The zero-order valence-corrected chi connectivity index (χ0v) is 18.2. The van der Waals surface area contributed by atoms with Crippen molar-refractivity contribution in [3.05, 3.63) is 35.7 Å². The summed E-state index contributed by atoms with van der Waals surface area (Å²) in [7, 11) is 0. The number of cyclic esters (lactones) is 1. The van der Waals surface area contributed by atoms with Gasteiger partial charge in [-0.2, -0.15) is 4.68 Å². The van der Waals surface area contributed by atoms with Crippen LogP contribution in [-0.4, -0.2) is 90.4 Å². The molecule has 3 aliphatic rings. The summed E-state index contributed by atoms with van der Waals surface area (Å²) in [6, 6.07) is 0. The highest BCUT2D eigenvalue weighted by Gasteiger charge is 2.39. The van der Waals surface area contributed by atoms with Crippen LogP contribution in [-0.2, 0) is 9.53 Å². The van der Waals surface area contributed by atoms with Crippen LogP contribution in [0.5, 0.6) is 0 Å². The predicted octanol–water partition coefficient (Wildman–Crippen LogP) is 0.495. The van der Waals surface area contributed by atoms with Crippen LogP contribution >= 0.6 is 0 Å². The van der Waals surface area contributed by atoms with E-state index in [1.165, 1.54) is 11.0 Å². The summed E-state index contributed by atoms with van der Waals surface area (Å²) >= 11 is 0. The molecule has 11 nitrogen and oxygen atoms in total. The maximum absolute atomic E-state index is 11.7. The van der Waals surface area contributed by atoms with Gasteiger partial charge >= 0.3 is 5.97 Å². The molecule has 2 fully saturated rings. The lowest BCUT2D eigenvalue weighted by Crippen LogP contribution is -2.47. The second-order valence-corrected chi connectivity index (χ2v) is 9.01. The molecule has 1 unspecified atom stereocenters. The van der Waals surface area contributed by atoms with E-state index in [1.807, 2.05) is 6.92 Å². The average molecular weight is 441 g/mol. The second kappa shape index (κ2) is 8.55. The highest BCUT2D eigenvalue weighted by molar-refractivity contribution is 5.90. The van der Waals surface area contributed by atoms with E-state index < -0.39 is 6.10 Å². The molecule has 5 rings (SSSR count). The largest absolute Gasteiger partial charge is 0.456 e. The summed E-state index contributed by atoms with van der Waals surface area (Å²) in [5, 5.41) is 21.8. The van der Waals surface area contributed by atoms with Gasteiger partial charge in [0.25, 0.3) is 0 Å². The van der Waals surface area contributed by atoms with Crippen LogP contribution in [0, 0.1) is 5.41 Å². The lowest BCUT2D eigenvalue weighted by atomic mass is 9.71. The second-order valence-electron chi connectivity index (χ2n) is 9.01. The molecule has 0 radical (unpaired) electrons. The Labute approximate surface area is 186 Å². The Bertz CT molecular complexity index is 990. The number of nitrogens with zero attached hydrogens (tertiary/aromatic N) is 8. The third kappa shape index (κ3) is 4.09. The summed E-state index contributed by atoms with van der Waals surface area (Å²) < 4.78 is 6.60. The van der Waals surface area contributed by atoms with Gasteiger partial charge in [-0.15, -0.1) is 5.10 Å². The number of hydrogen-bond acceptors (Lipinski definition) is 10. The number of tetrazole rings is 1. The van der Waals surface area contributed by atoms with Crippen LogP contribution in [0.2, 0.25) is 0 Å². The minimum atomic E-state index is -0.718. The Morgan fingerprint density at radius 1 is 1.16 bits per heavy atom. The molecule has 5 heterocycles. The number of carbonyl (C=O) groups excluding carboxylic acids is 1. The third-order valence-electron chi connectivity index (χ3n) is 7.20. The summed E-state index contributed by atoms with van der Waals surface area (Å²) in [6.07, 6.45) is 8.40. The van der Waals surface area contributed by atoms with Gasteiger partial charge < -0.3 is 19.6 Å². The Hall–Kier alpha value is -2.92. The molecule has 0 amide bonds. The fourth-order valence-electron chi connectivity index (χ4n) is 5.00. The van der Waals surface area contributed by atoms with E-state index in [9.17, 15) is 9.90 Å². The van der Waals surface area contributed by atoms with Crippen molar-refractivity contribution < 1.29 is 14.6 Å². The highest BCUT2D eigenvalue weighted by atomic mass is 16.5. The molecule has 0 bridgehead atoms. The van der Waals surface area contributed by atoms with Crippen LogP contribution in [0.1, 0.15) is 44.4 Å². The van der Waals surface area contributed by atoms with Crippen molar-refractivity contribution in [3.8, 4) is 5.82 Å². The fourth-order valence-corrected chi connectivity index (χ4v) is 5.00. The molecular formula is C21H28N8O3. The number of β-amino-alcohol motifs (C(OH)–C–C–N with tert-alkyl or cyclic N) is 1. The van der Waals surface area contributed by atoms with Gasteiger partial charge in [0.1, 0.15) is 19.0 Å². The molecule has 11 heteroatoms. The van der Waals surface area contributed by atoms with Crippen molar-refractivity contribution in [2.45, 2.75) is 38.7 Å². The number of hydrogen-bond donors (Lipinski definition) is 1. The molecule has 0 saturated carbocycles. The number of aliphatic hydroxyl groups excluding tert-OH is 1. The summed E-state index contributed by atoms with van der Waals surface area (Å²) in [4.78, 5) is 25.0. The topological polar surface area (TPSA) is 122 Å². The first-order valence-electron chi connectivity index (χ1n) is 11.1. The minimum Gasteiger partial charge on any atom is -0.456 e. The van der Waals surface area contributed by atoms with E-state index in [-0.39, 0.29) is 5.97 Å². The van der Waals surface area contributed by atoms with E-state index in [1.54, 1.807) is 12.4 Å². The Morgan fingerprint density at radius 3 is 2.56 bits per heavy atom. The number of rotatable bonds is 5. The molecule has 2 saturated heterocycles. The minimum absolute atomic E-state index is 0.180. The summed E-state index contributed by atoms with van der Waals surface area (Å²) in [6.45, 7) is 6.68. The van der Waals surface area contributed by atoms with Gasteiger partial charge in [0.2, 0.25) is 0 Å². The molecule has 2 aromatic heterocycles. The van der Waals surface area contributed by atoms with Gasteiger partial charge in [0.15, 0.2) is 5.82 Å². The van der Waals surface area contributed by atoms with E-state index in [2.05, 4.69) is 35.3 Å². The van der Waals surface area contributed by atoms with E-state index in [4.69, 9.17) is 4.74 Å². The zero-order chi connectivity index (χ0) is 22.1. The molecule has 0 aromatic carbocycles. The zero-order valence-electron chi connectivity index (χ0n) is 18.2. The Kier molecular flexibility index (Phi) is 5.60. The van der Waals surface area contributed by atoms with Gasteiger partial charge in [-0.3, -0.25) is 4.98 Å². The smallest absolute Gasteiger partial charge is 0.335 e. The van der Waals surface area contributed by atoms with Crippen LogP contribution < -0.4 is 0 Å². The lowest BCUT2D eigenvalue weighted by Gasteiger charge is -2.47. The first-order valence-corrected chi connectivity index (χ1v) is 11.1. The summed E-state index contributed by atoms with van der Waals surface area (Å²) in [5.41, 5.74) is 2.70. The van der Waals surface area contributed by atoms with Crippen molar-refractivity contribution in [2.24, 2.45) is 5.41 Å². The molecule has 32 heavy (non-hydrogen) atoms. The van der Waals surface area contributed by atoms with Gasteiger partial charge in [-0.1, -0.05) is 0 Å². The van der Waals surface area contributed by atoms with Crippen molar-refractivity contribution in [1.82, 2.24) is 40.0 Å². The number of likely N-dealkylation sites (tertiary alicyclic amines) is 2. The summed E-state index contributed by atoms with van der Waals surface area (Å²) in [5.74, 6) is 0.302. The number of esters is 1. The first kappa shape index (κ1) is 21.0. The molecular weight excluding hydrogens is 412 g/mol. The van der Waals surface area contributed by atoms with E-state index in [0.29, 0.717) is 30.1 Å². The highest BCUT2D eigenvalue weighted by Crippen LogP contribution is 2.42. The van der Waals surface area contributed by atoms with Crippen molar-refractivity contribution in [2.75, 3.05) is 39.3 Å². The number of aliphatic hydroxyl groups is 1. The number of ether oxygens (including phenoxy) is 1. The number of aromatic nitrogens is 6. The van der Waals surface area contributed by atoms with Crippen molar-refractivity contribution >= 4 is 5.97 Å². The Morgan fingerprint density at radius 2 is 1.91 bits per heavy atom. The van der Waals surface area contributed by atoms with Crippen LogP contribution in [0.4, 0.5) is 0 Å². The normalized spacial score (nSPS) is 22.4. The number of carbonyl (C=O) groups is 1. The van der Waals surface area contributed by atoms with E-state index in [0.717, 1.165) is 63.1 Å². The van der Waals surface area contributed by atoms with Crippen molar-refractivity contribution in [1.29, 1.82) is 0 Å². The maximum atomic E-state index is 11.7. The standard InChI is InChI=1S/C21H28N8O3/c1-15-17(13-32-20(15)31)28-8-4-21(5-9-28)2-6-27(7-3-21)12-18(30)16-10-22-11-19(24-16)29-14-23-25-26-29/h10-11,14,18,30H,2-9,12-13H2,1H3. The van der Waals surface area contributed by atoms with Gasteiger partial charge in [0, 0.05) is 19.6 Å². The molecule has 1 spiro atoms. The van der Waals surface area contributed by atoms with Gasteiger partial charge in [-0.25, -0.2) is 9.78 Å². The first-order chi connectivity index (χ1) is 15.5. The van der Waals surface area contributed by atoms with Gasteiger partial charge in [0.05, 0.1) is 29.4 Å². The predicted molar refractivity (Wildman–Crippen MR) is 112 cm³/mol. The maximum Gasteiger partial charge on any atom is 0.335 e. The lowest BCUT2D eigenvalue weighted by molar-refractivity contribution is -0.136. The number of piperidine rings is 2. The fraction of sp³-hybridized carbons (Fsp3) is 0.619. The average Bonchev–Trinajstić information content (AvgIpc) is 3.47. The van der Waals surface area contributed by atoms with Crippen LogP contribution in [0.3, 0.4) is 0 Å². The van der Waals surface area contributed by atoms with Gasteiger partial charge in [-0.05, 0) is 61.5 Å². The third-order valence-corrected chi connectivity index (χ3v) is 7.20. The SMILES string of the molecule is CC1=C(N2CCC3(CCN(CC(O)c4cncc(-n5cnnn5)n4)CC3)CC2)COC1=O. The van der Waals surface area contributed by atoms with E-state index >= 15 is 0 Å².